The highest BCUT2D eigenvalue weighted by Crippen LogP contribution is 2.34. The van der Waals surface area contributed by atoms with Gasteiger partial charge in [0, 0.05) is 68.2 Å². The number of amides is 1. The van der Waals surface area contributed by atoms with Crippen LogP contribution in [0.4, 0.5) is 5.82 Å². The number of aromatic nitrogens is 5. The SMILES string of the molecule is O=C(CN1CC2CCC(C1)N2c1ccc(-c2noc(=O)[nH]2)cn1)N1CCc2nn(-c3ccccc3)cc2C1. The second-order valence-corrected chi connectivity index (χ2v) is 10.3. The fraction of sp³-hybridized carbons (Fsp3) is 0.370. The van der Waals surface area contributed by atoms with Crippen molar-refractivity contribution in [2.24, 2.45) is 0 Å². The maximum Gasteiger partial charge on any atom is 0.439 e. The number of benzene rings is 1. The van der Waals surface area contributed by atoms with Crippen LogP contribution in [0.5, 0.6) is 0 Å². The van der Waals surface area contributed by atoms with Gasteiger partial charge >= 0.3 is 5.76 Å². The summed E-state index contributed by atoms with van der Waals surface area (Å²) in [5.41, 5.74) is 3.95. The van der Waals surface area contributed by atoms with Gasteiger partial charge in [0.2, 0.25) is 5.91 Å². The molecule has 0 spiro atoms. The summed E-state index contributed by atoms with van der Waals surface area (Å²) in [4.78, 5) is 38.4. The molecule has 3 aromatic heterocycles. The van der Waals surface area contributed by atoms with Crippen LogP contribution >= 0.6 is 0 Å². The molecule has 0 saturated carbocycles. The lowest BCUT2D eigenvalue weighted by Gasteiger charge is -2.42. The summed E-state index contributed by atoms with van der Waals surface area (Å²) in [6.07, 6.45) is 6.72. The number of carbonyl (C=O) groups excluding carboxylic acids is 1. The van der Waals surface area contributed by atoms with Gasteiger partial charge in [-0.2, -0.15) is 5.10 Å². The second kappa shape index (κ2) is 9.25. The normalized spacial score (nSPS) is 21.1. The van der Waals surface area contributed by atoms with Crippen molar-refractivity contribution >= 4 is 11.7 Å². The van der Waals surface area contributed by atoms with Crippen LogP contribution in [-0.2, 0) is 17.8 Å². The highest BCUT2D eigenvalue weighted by molar-refractivity contribution is 5.78. The van der Waals surface area contributed by atoms with E-state index >= 15 is 0 Å². The molecule has 0 radical (unpaired) electrons. The third-order valence-corrected chi connectivity index (χ3v) is 7.87. The van der Waals surface area contributed by atoms with Crippen molar-refractivity contribution in [2.75, 3.05) is 31.1 Å². The van der Waals surface area contributed by atoms with Crippen molar-refractivity contribution in [2.45, 2.75) is 37.9 Å². The van der Waals surface area contributed by atoms with E-state index in [1.54, 1.807) is 6.20 Å². The number of H-pyrrole nitrogens is 1. The molecule has 2 saturated heterocycles. The number of fused-ring (bicyclic) bond motifs is 3. The largest absolute Gasteiger partial charge is 0.439 e. The Labute approximate surface area is 218 Å². The van der Waals surface area contributed by atoms with Gasteiger partial charge in [-0.1, -0.05) is 23.4 Å². The number of hydrogen-bond acceptors (Lipinski definition) is 8. The number of rotatable bonds is 5. The van der Waals surface area contributed by atoms with E-state index in [4.69, 9.17) is 5.10 Å². The minimum Gasteiger partial charge on any atom is -0.348 e. The van der Waals surface area contributed by atoms with Gasteiger partial charge in [0.1, 0.15) is 5.82 Å². The Bertz CT molecular complexity index is 1500. The lowest BCUT2D eigenvalue weighted by atomic mass is 10.1. The van der Waals surface area contributed by atoms with Crippen LogP contribution in [0.3, 0.4) is 0 Å². The van der Waals surface area contributed by atoms with E-state index in [1.165, 1.54) is 0 Å². The molecule has 11 heteroatoms. The minimum atomic E-state index is -0.583. The zero-order chi connectivity index (χ0) is 25.6. The second-order valence-electron chi connectivity index (χ2n) is 10.3. The van der Waals surface area contributed by atoms with Gasteiger partial charge in [0.25, 0.3) is 0 Å². The Morgan fingerprint density at radius 2 is 1.89 bits per heavy atom. The van der Waals surface area contributed by atoms with E-state index in [2.05, 4.69) is 35.6 Å². The molecular weight excluding hydrogens is 484 g/mol. The Balaban J connectivity index is 0.987. The molecule has 4 aromatic rings. The van der Waals surface area contributed by atoms with Gasteiger partial charge in [-0.3, -0.25) is 19.2 Å². The molecule has 2 unspecified atom stereocenters. The third-order valence-electron chi connectivity index (χ3n) is 7.87. The van der Waals surface area contributed by atoms with Crippen molar-refractivity contribution in [1.29, 1.82) is 0 Å². The highest BCUT2D eigenvalue weighted by atomic mass is 16.5. The number of nitrogens with one attached hydrogen (secondary N) is 1. The molecule has 11 nitrogen and oxygen atoms in total. The maximum atomic E-state index is 13.3. The topological polar surface area (TPSA) is 116 Å². The molecule has 194 valence electrons. The van der Waals surface area contributed by atoms with Crippen LogP contribution in [0.2, 0.25) is 0 Å². The molecule has 0 aliphatic carbocycles. The molecule has 1 aromatic carbocycles. The van der Waals surface area contributed by atoms with E-state index in [9.17, 15) is 9.59 Å². The predicted molar refractivity (Wildman–Crippen MR) is 139 cm³/mol. The number of likely N-dealkylation sites (tertiary alicyclic amines) is 1. The summed E-state index contributed by atoms with van der Waals surface area (Å²) < 4.78 is 6.51. The van der Waals surface area contributed by atoms with E-state index in [1.807, 2.05) is 52.0 Å². The fourth-order valence-corrected chi connectivity index (χ4v) is 6.06. The van der Waals surface area contributed by atoms with Gasteiger partial charge in [0.05, 0.1) is 17.9 Å². The van der Waals surface area contributed by atoms with Crippen molar-refractivity contribution in [3.05, 3.63) is 76.7 Å². The van der Waals surface area contributed by atoms with Crippen molar-refractivity contribution < 1.29 is 9.32 Å². The Kier molecular flexibility index (Phi) is 5.58. The standard InChI is InChI=1S/C27H28N8O3/c36-25(33-11-10-23-19(13-33)14-34(30-23)20-4-2-1-3-5-20)17-32-15-21-7-8-22(16-32)35(21)24-9-6-18(12-28-24)26-29-27(37)38-31-26/h1-6,9,12,14,21-22H,7-8,10-11,13,15-17H2,(H,29,31,37). The summed E-state index contributed by atoms with van der Waals surface area (Å²) in [5, 5.41) is 8.48. The van der Waals surface area contributed by atoms with Gasteiger partial charge in [0.15, 0.2) is 5.82 Å². The third kappa shape index (κ3) is 4.18. The Hall–Kier alpha value is -4.25. The number of nitrogens with zero attached hydrogens (tertiary/aromatic N) is 7. The molecule has 3 aliphatic rings. The lowest BCUT2D eigenvalue weighted by molar-refractivity contribution is -0.133. The lowest BCUT2D eigenvalue weighted by Crippen LogP contribution is -2.56. The van der Waals surface area contributed by atoms with Crippen LogP contribution in [0.1, 0.15) is 24.1 Å². The summed E-state index contributed by atoms with van der Waals surface area (Å²) in [6.45, 7) is 3.44. The van der Waals surface area contributed by atoms with Crippen molar-refractivity contribution in [3.8, 4) is 17.1 Å². The number of para-hydroxylation sites is 1. The first kappa shape index (κ1) is 22.9. The number of aromatic amines is 1. The van der Waals surface area contributed by atoms with Gasteiger partial charge < -0.3 is 9.80 Å². The van der Waals surface area contributed by atoms with Crippen LogP contribution in [-0.4, -0.2) is 78.9 Å². The molecule has 2 fully saturated rings. The molecule has 2 atom stereocenters. The summed E-state index contributed by atoms with van der Waals surface area (Å²) in [5.74, 6) is 0.884. The number of hydrogen-bond donors (Lipinski definition) is 1. The number of anilines is 1. The fourth-order valence-electron chi connectivity index (χ4n) is 6.06. The molecule has 1 N–H and O–H groups in total. The first-order chi connectivity index (χ1) is 18.6. The first-order valence-corrected chi connectivity index (χ1v) is 13.0. The van der Waals surface area contributed by atoms with Gasteiger partial charge in [-0.15, -0.1) is 0 Å². The van der Waals surface area contributed by atoms with Crippen molar-refractivity contribution in [1.82, 2.24) is 34.7 Å². The summed E-state index contributed by atoms with van der Waals surface area (Å²) >= 11 is 0. The molecule has 2 bridgehead atoms. The number of pyridine rings is 1. The first-order valence-electron chi connectivity index (χ1n) is 13.0. The summed E-state index contributed by atoms with van der Waals surface area (Å²) in [6, 6.07) is 14.6. The van der Waals surface area contributed by atoms with E-state index in [-0.39, 0.29) is 5.91 Å². The zero-order valence-electron chi connectivity index (χ0n) is 20.9. The Morgan fingerprint density at radius 3 is 2.61 bits per heavy atom. The van der Waals surface area contributed by atoms with E-state index < -0.39 is 5.76 Å². The average molecular weight is 513 g/mol. The van der Waals surface area contributed by atoms with Gasteiger partial charge in [-0.25, -0.2) is 14.5 Å². The van der Waals surface area contributed by atoms with E-state index in [0.29, 0.717) is 43.1 Å². The minimum absolute atomic E-state index is 0.181. The van der Waals surface area contributed by atoms with Gasteiger partial charge in [-0.05, 0) is 37.1 Å². The van der Waals surface area contributed by atoms with Crippen LogP contribution in [0.15, 0.2) is 64.2 Å². The zero-order valence-corrected chi connectivity index (χ0v) is 20.9. The molecule has 6 heterocycles. The smallest absolute Gasteiger partial charge is 0.348 e. The number of carbonyl (C=O) groups is 1. The van der Waals surface area contributed by atoms with E-state index in [0.717, 1.165) is 55.1 Å². The molecule has 1 amide bonds. The van der Waals surface area contributed by atoms with Crippen LogP contribution < -0.4 is 10.7 Å². The average Bonchev–Trinajstić information content (AvgIpc) is 3.64. The predicted octanol–water partition coefficient (Wildman–Crippen LogP) is 1.85. The molecule has 7 rings (SSSR count). The molecular formula is C27H28N8O3. The maximum absolute atomic E-state index is 13.3. The van der Waals surface area contributed by atoms with Crippen LogP contribution in [0, 0.1) is 0 Å². The quantitative estimate of drug-likeness (QED) is 0.431. The Morgan fingerprint density at radius 1 is 1.08 bits per heavy atom. The molecule has 3 aliphatic heterocycles. The number of piperazine rings is 1. The molecule has 38 heavy (non-hydrogen) atoms. The van der Waals surface area contributed by atoms with Crippen LogP contribution in [0.25, 0.3) is 17.1 Å². The highest BCUT2D eigenvalue weighted by Gasteiger charge is 2.41. The monoisotopic (exact) mass is 512 g/mol. The summed E-state index contributed by atoms with van der Waals surface area (Å²) in [7, 11) is 0. The van der Waals surface area contributed by atoms with Crippen molar-refractivity contribution in [3.63, 3.8) is 0 Å².